The van der Waals surface area contributed by atoms with Gasteiger partial charge in [-0.15, -0.1) is 11.3 Å². The average molecular weight is 375 g/mol. The van der Waals surface area contributed by atoms with Crippen molar-refractivity contribution in [2.75, 3.05) is 23.3 Å². The molecule has 0 unspecified atom stereocenters. The van der Waals surface area contributed by atoms with Crippen LogP contribution in [0.5, 0.6) is 0 Å². The third-order valence-corrected chi connectivity index (χ3v) is 6.03. The monoisotopic (exact) mass is 374 g/mol. The van der Waals surface area contributed by atoms with Crippen LogP contribution in [-0.2, 0) is 0 Å². The van der Waals surface area contributed by atoms with E-state index in [1.54, 1.807) is 0 Å². The molecule has 1 aromatic heterocycles. The number of nitrogens with one attached hydrogen (secondary N) is 1. The molecule has 0 bridgehead atoms. The molecular formula is C19H16ClFN2OS. The van der Waals surface area contributed by atoms with E-state index in [0.717, 1.165) is 41.7 Å². The Morgan fingerprint density at radius 3 is 2.68 bits per heavy atom. The molecule has 1 amide bonds. The Kier molecular flexibility index (Phi) is 4.36. The second kappa shape index (κ2) is 6.65. The van der Waals surface area contributed by atoms with Crippen LogP contribution in [0.2, 0.25) is 5.02 Å². The van der Waals surface area contributed by atoms with Gasteiger partial charge in [0.1, 0.15) is 10.7 Å². The SMILES string of the molecule is O=C(Nc1cc(F)cc(N2CCCC2)c1)c1sc2ccccc2c1Cl. The van der Waals surface area contributed by atoms with Crippen LogP contribution in [0.1, 0.15) is 22.5 Å². The van der Waals surface area contributed by atoms with Crippen molar-refractivity contribution < 1.29 is 9.18 Å². The minimum atomic E-state index is -0.359. The molecule has 1 aliphatic heterocycles. The van der Waals surface area contributed by atoms with Crippen molar-refractivity contribution in [1.29, 1.82) is 0 Å². The minimum Gasteiger partial charge on any atom is -0.371 e. The lowest BCUT2D eigenvalue weighted by molar-refractivity contribution is 0.103. The van der Waals surface area contributed by atoms with E-state index >= 15 is 0 Å². The molecule has 1 saturated heterocycles. The highest BCUT2D eigenvalue weighted by molar-refractivity contribution is 7.21. The van der Waals surface area contributed by atoms with E-state index in [-0.39, 0.29) is 11.7 Å². The second-order valence-corrected chi connectivity index (χ2v) is 7.52. The Morgan fingerprint density at radius 2 is 1.92 bits per heavy atom. The summed E-state index contributed by atoms with van der Waals surface area (Å²) in [5, 5.41) is 4.08. The smallest absolute Gasteiger partial charge is 0.267 e. The lowest BCUT2D eigenvalue weighted by Crippen LogP contribution is -2.18. The highest BCUT2D eigenvalue weighted by Crippen LogP contribution is 2.35. The number of benzene rings is 2. The number of rotatable bonds is 3. The number of fused-ring (bicyclic) bond motifs is 1. The molecule has 25 heavy (non-hydrogen) atoms. The second-order valence-electron chi connectivity index (χ2n) is 6.09. The molecule has 128 valence electrons. The van der Waals surface area contributed by atoms with Crippen molar-refractivity contribution >= 4 is 50.3 Å². The van der Waals surface area contributed by atoms with Crippen molar-refractivity contribution in [3.8, 4) is 0 Å². The number of nitrogens with zero attached hydrogens (tertiary/aromatic N) is 1. The first-order chi connectivity index (χ1) is 12.1. The highest BCUT2D eigenvalue weighted by Gasteiger charge is 2.19. The molecule has 3 nitrogen and oxygen atoms in total. The van der Waals surface area contributed by atoms with E-state index in [2.05, 4.69) is 10.2 Å². The molecule has 1 N–H and O–H groups in total. The van der Waals surface area contributed by atoms with Crippen molar-refractivity contribution in [2.24, 2.45) is 0 Å². The number of carbonyl (C=O) groups excluding carboxylic acids is 1. The van der Waals surface area contributed by atoms with Crippen LogP contribution in [0.15, 0.2) is 42.5 Å². The van der Waals surface area contributed by atoms with Gasteiger partial charge in [-0.3, -0.25) is 4.79 Å². The molecule has 3 aromatic rings. The molecule has 2 aromatic carbocycles. The molecule has 0 spiro atoms. The number of hydrogen-bond donors (Lipinski definition) is 1. The molecule has 1 fully saturated rings. The Bertz CT molecular complexity index is 950. The lowest BCUT2D eigenvalue weighted by atomic mass is 10.2. The van der Waals surface area contributed by atoms with Gasteiger partial charge >= 0.3 is 0 Å². The Morgan fingerprint density at radius 1 is 1.16 bits per heavy atom. The van der Waals surface area contributed by atoms with Crippen molar-refractivity contribution in [1.82, 2.24) is 0 Å². The van der Waals surface area contributed by atoms with E-state index in [1.165, 1.54) is 23.5 Å². The van der Waals surface area contributed by atoms with Gasteiger partial charge in [0.05, 0.1) is 5.02 Å². The molecular weight excluding hydrogens is 359 g/mol. The zero-order chi connectivity index (χ0) is 17.4. The highest BCUT2D eigenvalue weighted by atomic mass is 35.5. The van der Waals surface area contributed by atoms with Crippen molar-refractivity contribution in [3.63, 3.8) is 0 Å². The summed E-state index contributed by atoms with van der Waals surface area (Å²) in [7, 11) is 0. The third-order valence-electron chi connectivity index (χ3n) is 4.35. The van der Waals surface area contributed by atoms with Crippen LogP contribution in [0, 0.1) is 5.82 Å². The van der Waals surface area contributed by atoms with Gasteiger partial charge in [-0.2, -0.15) is 0 Å². The molecule has 2 heterocycles. The predicted octanol–water partition coefficient (Wildman–Crippen LogP) is 5.55. The van der Waals surface area contributed by atoms with Crippen molar-refractivity contribution in [3.05, 3.63) is 58.2 Å². The fourth-order valence-corrected chi connectivity index (χ4v) is 4.56. The molecule has 6 heteroatoms. The number of anilines is 2. The maximum Gasteiger partial charge on any atom is 0.267 e. The van der Waals surface area contributed by atoms with Gasteiger partial charge in [-0.1, -0.05) is 29.8 Å². The summed E-state index contributed by atoms with van der Waals surface area (Å²) in [5.41, 5.74) is 1.25. The summed E-state index contributed by atoms with van der Waals surface area (Å²) in [6.07, 6.45) is 2.21. The maximum atomic E-state index is 14.0. The fourth-order valence-electron chi connectivity index (χ4n) is 3.15. The van der Waals surface area contributed by atoms with Gasteiger partial charge in [-0.05, 0) is 37.1 Å². The lowest BCUT2D eigenvalue weighted by Gasteiger charge is -2.18. The van der Waals surface area contributed by atoms with Crippen LogP contribution in [-0.4, -0.2) is 19.0 Å². The van der Waals surface area contributed by atoms with Crippen LogP contribution >= 0.6 is 22.9 Å². The largest absolute Gasteiger partial charge is 0.371 e. The number of halogens is 2. The topological polar surface area (TPSA) is 32.3 Å². The molecule has 0 aliphatic carbocycles. The van der Waals surface area contributed by atoms with Crippen LogP contribution in [0.4, 0.5) is 15.8 Å². The zero-order valence-corrected chi connectivity index (χ0v) is 15.0. The zero-order valence-electron chi connectivity index (χ0n) is 13.4. The predicted molar refractivity (Wildman–Crippen MR) is 103 cm³/mol. The number of thiophene rings is 1. The van der Waals surface area contributed by atoms with E-state index in [0.29, 0.717) is 15.6 Å². The van der Waals surface area contributed by atoms with E-state index in [9.17, 15) is 9.18 Å². The maximum absolute atomic E-state index is 14.0. The molecule has 1 aliphatic rings. The number of carbonyl (C=O) groups is 1. The summed E-state index contributed by atoms with van der Waals surface area (Å²) >= 11 is 7.69. The van der Waals surface area contributed by atoms with Gasteiger partial charge in [0.15, 0.2) is 0 Å². The summed E-state index contributed by atoms with van der Waals surface area (Å²) in [4.78, 5) is 15.2. The van der Waals surface area contributed by atoms with E-state index in [1.807, 2.05) is 30.3 Å². The number of amides is 1. The first kappa shape index (κ1) is 16.4. The third kappa shape index (κ3) is 3.22. The first-order valence-corrected chi connectivity index (χ1v) is 9.35. The standard InChI is InChI=1S/C19H16ClFN2OS/c20-17-15-5-1-2-6-16(15)25-18(17)19(24)22-13-9-12(21)10-14(11-13)23-7-3-4-8-23/h1-2,5-6,9-11H,3-4,7-8H2,(H,22,24). The normalized spacial score (nSPS) is 14.2. The summed E-state index contributed by atoms with van der Waals surface area (Å²) in [6.45, 7) is 1.83. The van der Waals surface area contributed by atoms with E-state index in [4.69, 9.17) is 11.6 Å². The fraction of sp³-hybridized carbons (Fsp3) is 0.211. The van der Waals surface area contributed by atoms with Crippen LogP contribution in [0.25, 0.3) is 10.1 Å². The summed E-state index contributed by atoms with van der Waals surface area (Å²) in [5.74, 6) is -0.675. The minimum absolute atomic E-state index is 0.316. The Hall–Kier alpha value is -2.11. The average Bonchev–Trinajstić information content (AvgIpc) is 3.23. The van der Waals surface area contributed by atoms with Gasteiger partial charge < -0.3 is 10.2 Å². The summed E-state index contributed by atoms with van der Waals surface area (Å²) < 4.78 is 14.9. The Balaban J connectivity index is 1.62. The number of hydrogen-bond acceptors (Lipinski definition) is 3. The molecule has 4 rings (SSSR count). The van der Waals surface area contributed by atoms with Crippen molar-refractivity contribution in [2.45, 2.75) is 12.8 Å². The molecule has 0 atom stereocenters. The van der Waals surface area contributed by atoms with Crippen LogP contribution in [0.3, 0.4) is 0 Å². The van der Waals surface area contributed by atoms with Gasteiger partial charge in [0, 0.05) is 34.6 Å². The van der Waals surface area contributed by atoms with Gasteiger partial charge in [-0.25, -0.2) is 4.39 Å². The quantitative estimate of drug-likeness (QED) is 0.652. The van der Waals surface area contributed by atoms with Gasteiger partial charge in [0.2, 0.25) is 0 Å². The first-order valence-electron chi connectivity index (χ1n) is 8.16. The molecule has 0 radical (unpaired) electrons. The van der Waals surface area contributed by atoms with E-state index < -0.39 is 0 Å². The summed E-state index contributed by atoms with van der Waals surface area (Å²) in [6, 6.07) is 12.3. The van der Waals surface area contributed by atoms with Gasteiger partial charge in [0.25, 0.3) is 5.91 Å². The van der Waals surface area contributed by atoms with Crippen LogP contribution < -0.4 is 10.2 Å². The Labute approximate surface area is 154 Å². The molecule has 0 saturated carbocycles.